The zero-order valence-electron chi connectivity index (χ0n) is 15.1. The molecule has 1 fully saturated rings. The molecule has 3 aromatic heterocycles. The second-order valence-corrected chi connectivity index (χ2v) is 7.22. The molecule has 0 unspecified atom stereocenters. The lowest BCUT2D eigenvalue weighted by Gasteiger charge is -2.31. The van der Waals surface area contributed by atoms with Gasteiger partial charge in [0.25, 0.3) is 5.91 Å². The largest absolute Gasteiger partial charge is 0.337 e. The molecule has 1 N–H and O–H groups in total. The molecule has 1 aliphatic heterocycles. The van der Waals surface area contributed by atoms with E-state index >= 15 is 0 Å². The van der Waals surface area contributed by atoms with Crippen LogP contribution in [0.2, 0.25) is 0 Å². The van der Waals surface area contributed by atoms with E-state index in [1.807, 2.05) is 23.1 Å². The van der Waals surface area contributed by atoms with Gasteiger partial charge in [-0.05, 0) is 49.1 Å². The Morgan fingerprint density at radius 1 is 1.23 bits per heavy atom. The minimum atomic E-state index is -0.0107. The van der Waals surface area contributed by atoms with E-state index in [2.05, 4.69) is 40.1 Å². The van der Waals surface area contributed by atoms with E-state index in [-0.39, 0.29) is 5.91 Å². The first kappa shape index (κ1) is 16.7. The number of aromatic amines is 1. The Morgan fingerprint density at radius 3 is 2.77 bits per heavy atom. The molecule has 0 spiro atoms. The van der Waals surface area contributed by atoms with Gasteiger partial charge >= 0.3 is 0 Å². The van der Waals surface area contributed by atoms with E-state index in [9.17, 15) is 4.79 Å². The first-order valence-corrected chi connectivity index (χ1v) is 9.18. The van der Waals surface area contributed by atoms with Crippen LogP contribution in [0.15, 0.2) is 36.5 Å². The number of nitrogens with one attached hydrogen (secondary N) is 1. The van der Waals surface area contributed by atoms with Crippen molar-refractivity contribution in [1.82, 2.24) is 25.1 Å². The highest BCUT2D eigenvalue weighted by molar-refractivity contribution is 5.94. The monoisotopic (exact) mass is 349 g/mol. The lowest BCUT2D eigenvalue weighted by Crippen LogP contribution is -2.38. The van der Waals surface area contributed by atoms with Crippen molar-refractivity contribution in [2.45, 2.75) is 38.5 Å². The van der Waals surface area contributed by atoms with Crippen LogP contribution in [0.5, 0.6) is 0 Å². The number of pyridine rings is 2. The summed E-state index contributed by atoms with van der Waals surface area (Å²) in [5.41, 5.74) is 3.38. The van der Waals surface area contributed by atoms with Gasteiger partial charge in [0, 0.05) is 36.3 Å². The number of likely N-dealkylation sites (tertiary alicyclic amines) is 1. The number of fused-ring (bicyclic) bond motifs is 1. The summed E-state index contributed by atoms with van der Waals surface area (Å²) in [6, 6.07) is 9.69. The van der Waals surface area contributed by atoms with Crippen molar-refractivity contribution in [2.24, 2.45) is 0 Å². The zero-order valence-corrected chi connectivity index (χ0v) is 15.1. The van der Waals surface area contributed by atoms with Gasteiger partial charge in [-0.3, -0.25) is 9.89 Å². The Bertz CT molecular complexity index is 925. The summed E-state index contributed by atoms with van der Waals surface area (Å²) >= 11 is 0. The SMILES string of the molecule is CC(C)c1cc(C2CCN(C(=O)c3ccc4cccnc4n3)CC2)[nH]n1. The predicted octanol–water partition coefficient (Wildman–Crippen LogP) is 3.50. The lowest BCUT2D eigenvalue weighted by molar-refractivity contribution is 0.0706. The normalized spacial score (nSPS) is 15.7. The molecule has 0 radical (unpaired) electrons. The second kappa shape index (κ2) is 6.86. The summed E-state index contributed by atoms with van der Waals surface area (Å²) in [4.78, 5) is 23.4. The number of piperidine rings is 1. The molecule has 134 valence electrons. The van der Waals surface area contributed by atoms with Gasteiger partial charge in [-0.2, -0.15) is 5.10 Å². The van der Waals surface area contributed by atoms with Crippen LogP contribution >= 0.6 is 0 Å². The zero-order chi connectivity index (χ0) is 18.1. The van der Waals surface area contributed by atoms with Crippen molar-refractivity contribution in [3.63, 3.8) is 0 Å². The summed E-state index contributed by atoms with van der Waals surface area (Å²) in [5, 5.41) is 8.52. The number of aromatic nitrogens is 4. The molecule has 1 amide bonds. The van der Waals surface area contributed by atoms with Crippen LogP contribution in [0.3, 0.4) is 0 Å². The molecule has 4 rings (SSSR count). The van der Waals surface area contributed by atoms with Gasteiger partial charge in [0.05, 0.1) is 5.69 Å². The molecule has 6 nitrogen and oxygen atoms in total. The molecule has 0 atom stereocenters. The average Bonchev–Trinajstić information content (AvgIpc) is 3.18. The first-order chi connectivity index (χ1) is 12.6. The molecule has 1 aliphatic rings. The van der Waals surface area contributed by atoms with E-state index in [0.717, 1.165) is 37.0 Å². The Hall–Kier alpha value is -2.76. The standard InChI is InChI=1S/C20H23N5O/c1-13(2)17-12-18(24-23-17)14-7-10-25(11-8-14)20(26)16-6-5-15-4-3-9-21-19(15)22-16/h3-6,9,12-14H,7-8,10-11H2,1-2H3,(H,23,24). The van der Waals surface area contributed by atoms with Crippen molar-refractivity contribution >= 4 is 16.9 Å². The summed E-state index contributed by atoms with van der Waals surface area (Å²) in [6.45, 7) is 5.77. The van der Waals surface area contributed by atoms with E-state index in [1.54, 1.807) is 12.3 Å². The number of rotatable bonds is 3. The number of nitrogens with zero attached hydrogens (tertiary/aromatic N) is 4. The molecule has 0 saturated carbocycles. The van der Waals surface area contributed by atoms with Crippen LogP contribution in [-0.4, -0.2) is 44.1 Å². The molecule has 0 aliphatic carbocycles. The Balaban J connectivity index is 1.44. The van der Waals surface area contributed by atoms with Crippen molar-refractivity contribution in [3.05, 3.63) is 53.6 Å². The Labute approximate surface area is 152 Å². The predicted molar refractivity (Wildman–Crippen MR) is 100 cm³/mol. The third-order valence-electron chi connectivity index (χ3n) is 5.11. The van der Waals surface area contributed by atoms with Crippen LogP contribution in [0.1, 0.15) is 60.4 Å². The van der Waals surface area contributed by atoms with Crippen LogP contribution in [0.4, 0.5) is 0 Å². The minimum absolute atomic E-state index is 0.0107. The Kier molecular flexibility index (Phi) is 4.41. The number of carbonyl (C=O) groups excluding carboxylic acids is 1. The molecule has 3 aromatic rings. The maximum absolute atomic E-state index is 12.8. The third-order valence-corrected chi connectivity index (χ3v) is 5.11. The van der Waals surface area contributed by atoms with Crippen LogP contribution in [-0.2, 0) is 0 Å². The maximum Gasteiger partial charge on any atom is 0.272 e. The molecule has 4 heterocycles. The van der Waals surface area contributed by atoms with Gasteiger partial charge in [-0.15, -0.1) is 0 Å². The maximum atomic E-state index is 12.8. The first-order valence-electron chi connectivity index (χ1n) is 9.18. The van der Waals surface area contributed by atoms with Crippen LogP contribution < -0.4 is 0 Å². The fourth-order valence-corrected chi connectivity index (χ4v) is 3.49. The van der Waals surface area contributed by atoms with Gasteiger partial charge in [0.15, 0.2) is 5.65 Å². The summed E-state index contributed by atoms with van der Waals surface area (Å²) in [6.07, 6.45) is 3.58. The number of hydrogen-bond donors (Lipinski definition) is 1. The van der Waals surface area contributed by atoms with Gasteiger partial charge in [-0.1, -0.05) is 13.8 Å². The number of H-pyrrole nitrogens is 1. The van der Waals surface area contributed by atoms with Crippen molar-refractivity contribution in [2.75, 3.05) is 13.1 Å². The second-order valence-electron chi connectivity index (χ2n) is 7.22. The molecule has 26 heavy (non-hydrogen) atoms. The molecular formula is C20H23N5O. The highest BCUT2D eigenvalue weighted by atomic mass is 16.2. The molecule has 0 bridgehead atoms. The Morgan fingerprint density at radius 2 is 2.04 bits per heavy atom. The molecule has 0 aromatic carbocycles. The fraction of sp³-hybridized carbons (Fsp3) is 0.400. The van der Waals surface area contributed by atoms with Gasteiger partial charge in [0.2, 0.25) is 0 Å². The summed E-state index contributed by atoms with van der Waals surface area (Å²) in [5.74, 6) is 0.850. The van der Waals surface area contributed by atoms with Gasteiger partial charge in [-0.25, -0.2) is 9.97 Å². The van der Waals surface area contributed by atoms with Crippen molar-refractivity contribution < 1.29 is 4.79 Å². The van der Waals surface area contributed by atoms with Crippen LogP contribution in [0.25, 0.3) is 11.0 Å². The molecular weight excluding hydrogens is 326 g/mol. The van der Waals surface area contributed by atoms with E-state index in [0.29, 0.717) is 23.2 Å². The number of amides is 1. The van der Waals surface area contributed by atoms with Gasteiger partial charge in [0.1, 0.15) is 5.69 Å². The quantitative estimate of drug-likeness (QED) is 0.785. The van der Waals surface area contributed by atoms with Gasteiger partial charge < -0.3 is 4.90 Å². The highest BCUT2D eigenvalue weighted by Crippen LogP contribution is 2.29. The highest BCUT2D eigenvalue weighted by Gasteiger charge is 2.26. The third kappa shape index (κ3) is 3.19. The topological polar surface area (TPSA) is 74.8 Å². The van der Waals surface area contributed by atoms with E-state index < -0.39 is 0 Å². The minimum Gasteiger partial charge on any atom is -0.337 e. The number of carbonyl (C=O) groups is 1. The molecule has 6 heteroatoms. The van der Waals surface area contributed by atoms with E-state index in [1.165, 1.54) is 5.69 Å². The number of hydrogen-bond acceptors (Lipinski definition) is 4. The van der Waals surface area contributed by atoms with Crippen molar-refractivity contribution in [1.29, 1.82) is 0 Å². The average molecular weight is 349 g/mol. The van der Waals surface area contributed by atoms with Crippen LogP contribution in [0, 0.1) is 0 Å². The smallest absolute Gasteiger partial charge is 0.272 e. The fourth-order valence-electron chi connectivity index (χ4n) is 3.49. The van der Waals surface area contributed by atoms with Crippen molar-refractivity contribution in [3.8, 4) is 0 Å². The lowest BCUT2D eigenvalue weighted by atomic mass is 9.92. The summed E-state index contributed by atoms with van der Waals surface area (Å²) < 4.78 is 0. The molecule has 1 saturated heterocycles. The summed E-state index contributed by atoms with van der Waals surface area (Å²) in [7, 11) is 0. The van der Waals surface area contributed by atoms with E-state index in [4.69, 9.17) is 0 Å².